The molecule has 1 aromatic heterocycles. The fraction of sp³-hybridized carbons (Fsp3) is 0.400. The first-order valence-electron chi connectivity index (χ1n) is 6.69. The lowest BCUT2D eigenvalue weighted by Gasteiger charge is -2.07. The van der Waals surface area contributed by atoms with Crippen LogP contribution in [0.1, 0.15) is 30.1 Å². The Kier molecular flexibility index (Phi) is 3.46. The van der Waals surface area contributed by atoms with Gasteiger partial charge in [-0.05, 0) is 48.3 Å². The molecule has 3 nitrogen and oxygen atoms in total. The van der Waals surface area contributed by atoms with Crippen molar-refractivity contribution >= 4 is 15.9 Å². The number of nitrogens with one attached hydrogen (secondary N) is 1. The zero-order valence-corrected chi connectivity index (χ0v) is 12.9. The Balaban J connectivity index is 2.07. The Morgan fingerprint density at radius 2 is 2.26 bits per heavy atom. The van der Waals surface area contributed by atoms with Crippen LogP contribution in [0.2, 0.25) is 0 Å². The summed E-state index contributed by atoms with van der Waals surface area (Å²) in [6, 6.07) is 8.94. The van der Waals surface area contributed by atoms with E-state index in [-0.39, 0.29) is 0 Å². The Morgan fingerprint density at radius 1 is 1.42 bits per heavy atom. The van der Waals surface area contributed by atoms with Crippen molar-refractivity contribution in [3.8, 4) is 11.3 Å². The van der Waals surface area contributed by atoms with Crippen molar-refractivity contribution in [2.24, 2.45) is 7.05 Å². The first-order valence-corrected chi connectivity index (χ1v) is 7.49. The average molecular weight is 320 g/mol. The van der Waals surface area contributed by atoms with Crippen molar-refractivity contribution < 1.29 is 0 Å². The number of hydrogen-bond acceptors (Lipinski definition) is 2. The molecule has 2 heterocycles. The molecule has 1 aromatic carbocycles. The van der Waals surface area contributed by atoms with Crippen molar-refractivity contribution in [3.63, 3.8) is 0 Å². The molecular weight excluding hydrogens is 302 g/mol. The van der Waals surface area contributed by atoms with Crippen LogP contribution in [0.15, 0.2) is 28.7 Å². The fourth-order valence-corrected chi connectivity index (χ4v) is 3.61. The van der Waals surface area contributed by atoms with E-state index >= 15 is 0 Å². The van der Waals surface area contributed by atoms with Crippen molar-refractivity contribution in [1.29, 1.82) is 0 Å². The normalized spacial score (nSPS) is 19.0. The molecule has 1 saturated heterocycles. The Morgan fingerprint density at radius 3 is 2.95 bits per heavy atom. The molecule has 0 spiro atoms. The number of hydrogen-bond donors (Lipinski definition) is 1. The second kappa shape index (κ2) is 5.10. The maximum Gasteiger partial charge on any atom is 0.0942 e. The average Bonchev–Trinajstić information content (AvgIpc) is 2.97. The Hall–Kier alpha value is -1.13. The van der Waals surface area contributed by atoms with E-state index in [1.807, 2.05) is 11.7 Å². The minimum Gasteiger partial charge on any atom is -0.309 e. The van der Waals surface area contributed by atoms with Crippen LogP contribution in [0.25, 0.3) is 11.3 Å². The molecule has 2 aromatic rings. The summed E-state index contributed by atoms with van der Waals surface area (Å²) in [7, 11) is 2.01. The lowest BCUT2D eigenvalue weighted by atomic mass is 10.1. The molecule has 1 fully saturated rings. The first kappa shape index (κ1) is 12.9. The molecule has 0 saturated carbocycles. The topological polar surface area (TPSA) is 29.9 Å². The molecule has 19 heavy (non-hydrogen) atoms. The van der Waals surface area contributed by atoms with Gasteiger partial charge in [0, 0.05) is 12.6 Å². The standard InChI is InChI=1S/C15H18BrN3/c1-10-5-3-6-11(9-10)15-13(16)14(18-19(15)2)12-7-4-8-17-12/h3,5-6,9,12,17H,4,7-8H2,1-2H3. The van der Waals surface area contributed by atoms with Crippen LogP contribution in [-0.2, 0) is 7.05 Å². The summed E-state index contributed by atoms with van der Waals surface area (Å²) in [6.07, 6.45) is 2.40. The van der Waals surface area contributed by atoms with E-state index < -0.39 is 0 Å². The SMILES string of the molecule is Cc1cccc(-c2c(Br)c(C3CCCN3)nn2C)c1. The molecule has 4 heteroatoms. The van der Waals surface area contributed by atoms with E-state index in [1.165, 1.54) is 24.0 Å². The second-order valence-corrected chi connectivity index (χ2v) is 5.98. The zero-order valence-electron chi connectivity index (χ0n) is 11.3. The van der Waals surface area contributed by atoms with Crippen LogP contribution in [0.3, 0.4) is 0 Å². The van der Waals surface area contributed by atoms with Gasteiger partial charge in [0.1, 0.15) is 0 Å². The summed E-state index contributed by atoms with van der Waals surface area (Å²) in [5.74, 6) is 0. The number of aromatic nitrogens is 2. The predicted octanol–water partition coefficient (Wildman–Crippen LogP) is 3.58. The van der Waals surface area contributed by atoms with Gasteiger partial charge in [0.2, 0.25) is 0 Å². The van der Waals surface area contributed by atoms with E-state index in [9.17, 15) is 0 Å². The number of aryl methyl sites for hydroxylation is 2. The highest BCUT2D eigenvalue weighted by Gasteiger charge is 2.25. The van der Waals surface area contributed by atoms with E-state index in [1.54, 1.807) is 0 Å². The number of rotatable bonds is 2. The van der Waals surface area contributed by atoms with E-state index in [0.717, 1.165) is 22.4 Å². The van der Waals surface area contributed by atoms with Crippen molar-refractivity contribution in [2.45, 2.75) is 25.8 Å². The van der Waals surface area contributed by atoms with Gasteiger partial charge >= 0.3 is 0 Å². The van der Waals surface area contributed by atoms with Gasteiger partial charge in [-0.25, -0.2) is 0 Å². The lowest BCUT2D eigenvalue weighted by molar-refractivity contribution is 0.606. The molecular formula is C15H18BrN3. The summed E-state index contributed by atoms with van der Waals surface area (Å²) < 4.78 is 3.11. The number of halogens is 1. The molecule has 1 aliphatic heterocycles. The van der Waals surface area contributed by atoms with Crippen LogP contribution >= 0.6 is 15.9 Å². The molecule has 0 aliphatic carbocycles. The fourth-order valence-electron chi connectivity index (χ4n) is 2.77. The van der Waals surface area contributed by atoms with Crippen molar-refractivity contribution in [3.05, 3.63) is 40.0 Å². The molecule has 0 amide bonds. The highest BCUT2D eigenvalue weighted by Crippen LogP contribution is 2.36. The third-order valence-corrected chi connectivity index (χ3v) is 4.48. The van der Waals surface area contributed by atoms with Gasteiger partial charge in [0.25, 0.3) is 0 Å². The van der Waals surface area contributed by atoms with Gasteiger partial charge in [-0.1, -0.05) is 23.8 Å². The van der Waals surface area contributed by atoms with Crippen LogP contribution < -0.4 is 5.32 Å². The maximum absolute atomic E-state index is 4.71. The molecule has 1 unspecified atom stereocenters. The maximum atomic E-state index is 4.71. The third-order valence-electron chi connectivity index (χ3n) is 3.70. The molecule has 1 aliphatic rings. The highest BCUT2D eigenvalue weighted by atomic mass is 79.9. The zero-order chi connectivity index (χ0) is 13.4. The van der Waals surface area contributed by atoms with Gasteiger partial charge in [0.15, 0.2) is 0 Å². The highest BCUT2D eigenvalue weighted by molar-refractivity contribution is 9.10. The van der Waals surface area contributed by atoms with Crippen LogP contribution in [0.4, 0.5) is 0 Å². The number of benzene rings is 1. The quantitative estimate of drug-likeness (QED) is 0.916. The number of nitrogens with zero attached hydrogens (tertiary/aromatic N) is 2. The Labute approximate surface area is 122 Å². The van der Waals surface area contributed by atoms with Crippen LogP contribution in [0, 0.1) is 6.92 Å². The predicted molar refractivity (Wildman–Crippen MR) is 81.1 cm³/mol. The summed E-state index contributed by atoms with van der Waals surface area (Å²) in [4.78, 5) is 0. The van der Waals surface area contributed by atoms with Gasteiger partial charge in [0.05, 0.1) is 21.9 Å². The minimum atomic E-state index is 0.388. The van der Waals surface area contributed by atoms with Crippen LogP contribution in [-0.4, -0.2) is 16.3 Å². The van der Waals surface area contributed by atoms with Gasteiger partial charge < -0.3 is 5.32 Å². The van der Waals surface area contributed by atoms with Gasteiger partial charge in [-0.3, -0.25) is 4.68 Å². The summed E-state index contributed by atoms with van der Waals surface area (Å²) in [5, 5.41) is 8.22. The summed E-state index contributed by atoms with van der Waals surface area (Å²) in [6.45, 7) is 3.21. The van der Waals surface area contributed by atoms with Gasteiger partial charge in [-0.2, -0.15) is 5.10 Å². The lowest BCUT2D eigenvalue weighted by Crippen LogP contribution is -2.14. The largest absolute Gasteiger partial charge is 0.309 e. The van der Waals surface area contributed by atoms with E-state index in [2.05, 4.69) is 52.4 Å². The molecule has 0 bridgehead atoms. The van der Waals surface area contributed by atoms with Crippen LogP contribution in [0.5, 0.6) is 0 Å². The second-order valence-electron chi connectivity index (χ2n) is 5.19. The minimum absolute atomic E-state index is 0.388. The third kappa shape index (κ3) is 2.35. The van der Waals surface area contributed by atoms with Crippen molar-refractivity contribution in [2.75, 3.05) is 6.54 Å². The summed E-state index contributed by atoms with van der Waals surface area (Å²) in [5.41, 5.74) is 4.78. The van der Waals surface area contributed by atoms with E-state index in [4.69, 9.17) is 5.10 Å². The molecule has 0 radical (unpaired) electrons. The smallest absolute Gasteiger partial charge is 0.0942 e. The molecule has 1 N–H and O–H groups in total. The Bertz CT molecular complexity index is 597. The van der Waals surface area contributed by atoms with Crippen molar-refractivity contribution in [1.82, 2.24) is 15.1 Å². The van der Waals surface area contributed by atoms with E-state index in [0.29, 0.717) is 6.04 Å². The summed E-state index contributed by atoms with van der Waals surface area (Å²) >= 11 is 3.75. The first-order chi connectivity index (χ1) is 9.16. The van der Waals surface area contributed by atoms with Gasteiger partial charge in [-0.15, -0.1) is 0 Å². The monoisotopic (exact) mass is 319 g/mol. The molecule has 100 valence electrons. The molecule has 3 rings (SSSR count). The molecule has 1 atom stereocenters.